The van der Waals surface area contributed by atoms with Crippen LogP contribution in [0, 0.1) is 0 Å². The summed E-state index contributed by atoms with van der Waals surface area (Å²) in [6.45, 7) is 3.84. The summed E-state index contributed by atoms with van der Waals surface area (Å²) in [6, 6.07) is 3.81. The third-order valence-corrected chi connectivity index (χ3v) is 4.45. The number of carbonyl (C=O) groups is 1. The number of nitrogens with zero attached hydrogens (tertiary/aromatic N) is 2. The summed E-state index contributed by atoms with van der Waals surface area (Å²) in [5.74, 6) is 3.12. The molecule has 1 N–H and O–H groups in total. The van der Waals surface area contributed by atoms with Crippen molar-refractivity contribution in [2.75, 3.05) is 37.0 Å². The maximum Gasteiger partial charge on any atom is 0.254 e. The van der Waals surface area contributed by atoms with Crippen molar-refractivity contribution in [1.29, 1.82) is 0 Å². The van der Waals surface area contributed by atoms with Gasteiger partial charge in [0.2, 0.25) is 0 Å². The number of rotatable bonds is 4. The summed E-state index contributed by atoms with van der Waals surface area (Å²) in [6.07, 6.45) is 3.03. The van der Waals surface area contributed by atoms with Gasteiger partial charge in [-0.1, -0.05) is 13.3 Å². The Labute approximate surface area is 125 Å². The van der Waals surface area contributed by atoms with E-state index in [1.54, 1.807) is 0 Å². The van der Waals surface area contributed by atoms with Crippen molar-refractivity contribution in [2.24, 2.45) is 0 Å². The van der Waals surface area contributed by atoms with Crippen LogP contribution in [0.25, 0.3) is 0 Å². The molecule has 1 aliphatic rings. The molecule has 1 aliphatic heterocycles. The SMILES string of the molecule is CCCc1cc(C(=O)N2CCCSCC2)cc(NC)n1. The molecule has 110 valence electrons. The number of hydrogen-bond acceptors (Lipinski definition) is 4. The first kappa shape index (κ1) is 15.2. The van der Waals surface area contributed by atoms with Crippen molar-refractivity contribution < 1.29 is 4.79 Å². The lowest BCUT2D eigenvalue weighted by atomic mass is 10.1. The lowest BCUT2D eigenvalue weighted by Gasteiger charge is -2.20. The number of thioether (sulfide) groups is 1. The minimum absolute atomic E-state index is 0.142. The molecule has 1 fully saturated rings. The van der Waals surface area contributed by atoms with Crippen LogP contribution in [0.1, 0.15) is 35.8 Å². The monoisotopic (exact) mass is 293 g/mol. The molecular formula is C15H23N3OS. The fourth-order valence-corrected chi connectivity index (χ4v) is 3.24. The maximum absolute atomic E-state index is 12.6. The molecule has 0 aromatic carbocycles. The topological polar surface area (TPSA) is 45.2 Å². The molecule has 0 atom stereocenters. The lowest BCUT2D eigenvalue weighted by Crippen LogP contribution is -2.33. The Bertz CT molecular complexity index is 456. The number of nitrogens with one attached hydrogen (secondary N) is 1. The normalized spacial score (nSPS) is 15.8. The summed E-state index contributed by atoms with van der Waals surface area (Å²) in [5.41, 5.74) is 1.76. The number of pyridine rings is 1. The molecule has 5 heteroatoms. The number of hydrogen-bond donors (Lipinski definition) is 1. The van der Waals surface area contributed by atoms with Crippen molar-refractivity contribution in [3.8, 4) is 0 Å². The van der Waals surface area contributed by atoms with Crippen molar-refractivity contribution in [3.05, 3.63) is 23.4 Å². The van der Waals surface area contributed by atoms with Crippen molar-refractivity contribution >= 4 is 23.5 Å². The van der Waals surface area contributed by atoms with Crippen LogP contribution in [0.2, 0.25) is 0 Å². The van der Waals surface area contributed by atoms with Crippen LogP contribution in [-0.2, 0) is 6.42 Å². The zero-order chi connectivity index (χ0) is 14.4. The van der Waals surface area contributed by atoms with Gasteiger partial charge in [0.25, 0.3) is 5.91 Å². The standard InChI is InChI=1S/C15H23N3OS/c1-3-5-13-10-12(11-14(16-2)17-13)15(19)18-6-4-8-20-9-7-18/h10-11H,3-9H2,1-2H3,(H,16,17). The summed E-state index contributed by atoms with van der Waals surface area (Å²) >= 11 is 1.93. The molecule has 20 heavy (non-hydrogen) atoms. The Morgan fingerprint density at radius 2 is 2.25 bits per heavy atom. The van der Waals surface area contributed by atoms with Gasteiger partial charge >= 0.3 is 0 Å². The molecule has 0 bridgehead atoms. The number of anilines is 1. The molecule has 0 saturated carbocycles. The van der Waals surface area contributed by atoms with Gasteiger partial charge in [0.05, 0.1) is 0 Å². The highest BCUT2D eigenvalue weighted by atomic mass is 32.2. The van der Waals surface area contributed by atoms with E-state index in [0.717, 1.165) is 60.9 Å². The van der Waals surface area contributed by atoms with E-state index < -0.39 is 0 Å². The first-order chi connectivity index (χ1) is 9.74. The molecule has 2 heterocycles. The van der Waals surface area contributed by atoms with Gasteiger partial charge in [-0.05, 0) is 30.7 Å². The van der Waals surface area contributed by atoms with E-state index in [1.165, 1.54) is 0 Å². The fourth-order valence-electron chi connectivity index (χ4n) is 2.36. The summed E-state index contributed by atoms with van der Waals surface area (Å²) < 4.78 is 0. The third kappa shape index (κ3) is 3.88. The largest absolute Gasteiger partial charge is 0.373 e. The van der Waals surface area contributed by atoms with Gasteiger partial charge in [-0.2, -0.15) is 11.8 Å². The molecule has 0 aliphatic carbocycles. The Kier molecular flexibility index (Phi) is 5.71. The van der Waals surface area contributed by atoms with Gasteiger partial charge in [0.1, 0.15) is 5.82 Å². The molecule has 1 amide bonds. The van der Waals surface area contributed by atoms with E-state index in [-0.39, 0.29) is 5.91 Å². The Hall–Kier alpha value is -1.23. The molecule has 0 spiro atoms. The molecular weight excluding hydrogens is 270 g/mol. The molecule has 1 aromatic heterocycles. The van der Waals surface area contributed by atoms with E-state index in [0.29, 0.717) is 0 Å². The first-order valence-electron chi connectivity index (χ1n) is 7.30. The molecule has 1 aromatic rings. The molecule has 1 saturated heterocycles. The van der Waals surface area contributed by atoms with Gasteiger partial charge in [-0.25, -0.2) is 4.98 Å². The van der Waals surface area contributed by atoms with Crippen LogP contribution in [0.4, 0.5) is 5.82 Å². The zero-order valence-electron chi connectivity index (χ0n) is 12.3. The van der Waals surface area contributed by atoms with Gasteiger partial charge in [0, 0.05) is 37.1 Å². The second-order valence-electron chi connectivity index (χ2n) is 4.99. The van der Waals surface area contributed by atoms with Gasteiger partial charge in [-0.3, -0.25) is 4.79 Å². The summed E-state index contributed by atoms with van der Waals surface area (Å²) in [4.78, 5) is 19.1. The summed E-state index contributed by atoms with van der Waals surface area (Å²) in [5, 5.41) is 3.05. The predicted molar refractivity (Wildman–Crippen MR) is 85.6 cm³/mol. The number of aryl methyl sites for hydroxylation is 1. The maximum atomic E-state index is 12.6. The Morgan fingerprint density at radius 3 is 3.00 bits per heavy atom. The van der Waals surface area contributed by atoms with Crippen LogP contribution in [0.15, 0.2) is 12.1 Å². The Morgan fingerprint density at radius 1 is 1.40 bits per heavy atom. The fraction of sp³-hybridized carbons (Fsp3) is 0.600. The second kappa shape index (κ2) is 7.53. The third-order valence-electron chi connectivity index (χ3n) is 3.40. The van der Waals surface area contributed by atoms with Crippen LogP contribution < -0.4 is 5.32 Å². The molecule has 0 unspecified atom stereocenters. The first-order valence-corrected chi connectivity index (χ1v) is 8.45. The lowest BCUT2D eigenvalue weighted by molar-refractivity contribution is 0.0768. The van der Waals surface area contributed by atoms with Crippen molar-refractivity contribution in [3.63, 3.8) is 0 Å². The number of aromatic nitrogens is 1. The second-order valence-corrected chi connectivity index (χ2v) is 6.22. The average molecular weight is 293 g/mol. The minimum Gasteiger partial charge on any atom is -0.373 e. The number of amides is 1. The zero-order valence-corrected chi connectivity index (χ0v) is 13.1. The Balaban J connectivity index is 2.20. The van der Waals surface area contributed by atoms with Crippen molar-refractivity contribution in [1.82, 2.24) is 9.88 Å². The van der Waals surface area contributed by atoms with Crippen LogP contribution in [-0.4, -0.2) is 47.4 Å². The summed E-state index contributed by atoms with van der Waals surface area (Å²) in [7, 11) is 1.84. The van der Waals surface area contributed by atoms with Gasteiger partial charge < -0.3 is 10.2 Å². The predicted octanol–water partition coefficient (Wildman–Crippen LogP) is 2.65. The van der Waals surface area contributed by atoms with E-state index in [1.807, 2.05) is 35.8 Å². The van der Waals surface area contributed by atoms with E-state index in [9.17, 15) is 4.79 Å². The average Bonchev–Trinajstić information content (AvgIpc) is 2.75. The highest BCUT2D eigenvalue weighted by Crippen LogP contribution is 2.17. The smallest absolute Gasteiger partial charge is 0.254 e. The molecule has 0 radical (unpaired) electrons. The molecule has 2 rings (SSSR count). The van der Waals surface area contributed by atoms with E-state index in [2.05, 4.69) is 17.2 Å². The van der Waals surface area contributed by atoms with Crippen LogP contribution in [0.3, 0.4) is 0 Å². The van der Waals surface area contributed by atoms with Gasteiger partial charge in [0.15, 0.2) is 0 Å². The van der Waals surface area contributed by atoms with Crippen LogP contribution in [0.5, 0.6) is 0 Å². The van der Waals surface area contributed by atoms with Crippen LogP contribution >= 0.6 is 11.8 Å². The van der Waals surface area contributed by atoms with Gasteiger partial charge in [-0.15, -0.1) is 0 Å². The quantitative estimate of drug-likeness (QED) is 0.927. The molecule has 4 nitrogen and oxygen atoms in total. The van der Waals surface area contributed by atoms with E-state index in [4.69, 9.17) is 0 Å². The van der Waals surface area contributed by atoms with E-state index >= 15 is 0 Å². The van der Waals surface area contributed by atoms with Crippen molar-refractivity contribution in [2.45, 2.75) is 26.2 Å². The highest BCUT2D eigenvalue weighted by Gasteiger charge is 2.18. The highest BCUT2D eigenvalue weighted by molar-refractivity contribution is 7.99. The number of carbonyl (C=O) groups excluding carboxylic acids is 1. The minimum atomic E-state index is 0.142.